The van der Waals surface area contributed by atoms with Gasteiger partial charge in [-0.1, -0.05) is 29.8 Å². The Labute approximate surface area is 111 Å². The van der Waals surface area contributed by atoms with Gasteiger partial charge in [0, 0.05) is 24.1 Å². The molecule has 0 fully saturated rings. The first-order chi connectivity index (χ1) is 7.89. The minimum Gasteiger partial charge on any atom is -0.274 e. The van der Waals surface area contributed by atoms with Crippen molar-refractivity contribution in [1.29, 1.82) is 0 Å². The number of hydrogen-bond donors (Lipinski definition) is 1. The van der Waals surface area contributed by atoms with E-state index >= 15 is 0 Å². The molecular formula is C10H18BrN3O2S. The van der Waals surface area contributed by atoms with Gasteiger partial charge in [-0.25, -0.2) is 13.1 Å². The van der Waals surface area contributed by atoms with Crippen LogP contribution in [0.1, 0.15) is 26.7 Å². The van der Waals surface area contributed by atoms with Crippen LogP contribution < -0.4 is 4.72 Å². The minimum atomic E-state index is -3.50. The van der Waals surface area contributed by atoms with Crippen molar-refractivity contribution < 1.29 is 8.42 Å². The van der Waals surface area contributed by atoms with Crippen LogP contribution >= 0.6 is 15.9 Å². The highest BCUT2D eigenvalue weighted by molar-refractivity contribution is 9.09. The third kappa shape index (κ3) is 3.29. The molecule has 0 aliphatic carbocycles. The van der Waals surface area contributed by atoms with E-state index in [-0.39, 0.29) is 4.90 Å². The van der Waals surface area contributed by atoms with Crippen LogP contribution in [0.15, 0.2) is 17.3 Å². The van der Waals surface area contributed by atoms with E-state index in [9.17, 15) is 8.42 Å². The lowest BCUT2D eigenvalue weighted by molar-refractivity contribution is 0.398. The van der Waals surface area contributed by atoms with Gasteiger partial charge >= 0.3 is 0 Å². The maximum absolute atomic E-state index is 12.2. The summed E-state index contributed by atoms with van der Waals surface area (Å²) in [5.74, 6) is 0. The van der Waals surface area contributed by atoms with E-state index in [0.717, 1.165) is 12.8 Å². The predicted molar refractivity (Wildman–Crippen MR) is 70.6 cm³/mol. The molecule has 0 radical (unpaired) electrons. The maximum Gasteiger partial charge on any atom is 0.244 e. The number of aromatic nitrogens is 2. The summed E-state index contributed by atoms with van der Waals surface area (Å²) < 4.78 is 28.5. The van der Waals surface area contributed by atoms with Crippen molar-refractivity contribution in [1.82, 2.24) is 14.5 Å². The summed E-state index contributed by atoms with van der Waals surface area (Å²) in [6.07, 6.45) is 4.31. The fourth-order valence-corrected chi connectivity index (χ4v) is 4.14. The topological polar surface area (TPSA) is 64.0 Å². The Bertz CT molecular complexity index is 457. The number of sulfonamides is 1. The first-order valence-electron chi connectivity index (χ1n) is 5.47. The lowest BCUT2D eigenvalue weighted by Crippen LogP contribution is -2.48. The van der Waals surface area contributed by atoms with Crippen LogP contribution in [-0.4, -0.2) is 29.1 Å². The van der Waals surface area contributed by atoms with Crippen LogP contribution in [0.5, 0.6) is 0 Å². The van der Waals surface area contributed by atoms with E-state index in [1.165, 1.54) is 17.1 Å². The molecule has 98 valence electrons. The second kappa shape index (κ2) is 5.49. The zero-order chi connectivity index (χ0) is 13.1. The normalized spacial score (nSPS) is 12.9. The largest absolute Gasteiger partial charge is 0.274 e. The second-order valence-electron chi connectivity index (χ2n) is 4.08. The Balaban J connectivity index is 3.00. The lowest BCUT2D eigenvalue weighted by atomic mass is 9.97. The Morgan fingerprint density at radius 3 is 2.41 bits per heavy atom. The Morgan fingerprint density at radius 1 is 1.47 bits per heavy atom. The van der Waals surface area contributed by atoms with E-state index in [1.807, 2.05) is 13.8 Å². The molecule has 0 aliphatic rings. The molecule has 0 saturated carbocycles. The number of rotatable bonds is 6. The monoisotopic (exact) mass is 323 g/mol. The van der Waals surface area contributed by atoms with Gasteiger partial charge in [-0.15, -0.1) is 0 Å². The van der Waals surface area contributed by atoms with Crippen molar-refractivity contribution >= 4 is 26.0 Å². The molecule has 1 N–H and O–H groups in total. The molecule has 0 unspecified atom stereocenters. The number of nitrogens with one attached hydrogen (secondary N) is 1. The van der Waals surface area contributed by atoms with Gasteiger partial charge in [0.1, 0.15) is 4.90 Å². The number of halogens is 1. The molecule has 7 heteroatoms. The van der Waals surface area contributed by atoms with Crippen molar-refractivity contribution in [2.24, 2.45) is 7.05 Å². The Hall–Kier alpha value is -0.400. The van der Waals surface area contributed by atoms with E-state index in [4.69, 9.17) is 0 Å². The zero-order valence-corrected chi connectivity index (χ0v) is 12.7. The zero-order valence-electron chi connectivity index (χ0n) is 10.3. The van der Waals surface area contributed by atoms with Crippen LogP contribution in [0.2, 0.25) is 0 Å². The van der Waals surface area contributed by atoms with E-state index in [2.05, 4.69) is 25.8 Å². The van der Waals surface area contributed by atoms with Crippen LogP contribution in [0, 0.1) is 0 Å². The molecular weight excluding hydrogens is 306 g/mol. The maximum atomic E-state index is 12.2. The van der Waals surface area contributed by atoms with Gasteiger partial charge < -0.3 is 0 Å². The van der Waals surface area contributed by atoms with Crippen molar-refractivity contribution in [3.05, 3.63) is 12.4 Å². The first kappa shape index (κ1) is 14.7. The summed E-state index contributed by atoms with van der Waals surface area (Å²) in [5.41, 5.74) is -0.436. The molecule has 1 heterocycles. The number of hydrogen-bond acceptors (Lipinski definition) is 3. The quantitative estimate of drug-likeness (QED) is 0.810. The number of alkyl halides is 1. The predicted octanol–water partition coefficient (Wildman–Crippen LogP) is 1.65. The van der Waals surface area contributed by atoms with Crippen molar-refractivity contribution in [3.8, 4) is 0 Å². The fraction of sp³-hybridized carbons (Fsp3) is 0.700. The molecule has 17 heavy (non-hydrogen) atoms. The van der Waals surface area contributed by atoms with Crippen LogP contribution in [0.3, 0.4) is 0 Å². The molecule has 0 spiro atoms. The number of aryl methyl sites for hydroxylation is 1. The average molecular weight is 324 g/mol. The van der Waals surface area contributed by atoms with Crippen molar-refractivity contribution in [3.63, 3.8) is 0 Å². The SMILES string of the molecule is CCC(CC)(CBr)NS(=O)(=O)c1cnn(C)c1. The molecule has 1 rings (SSSR count). The van der Waals surface area contributed by atoms with Crippen LogP contribution in [0.4, 0.5) is 0 Å². The third-order valence-electron chi connectivity index (χ3n) is 2.95. The van der Waals surface area contributed by atoms with Gasteiger partial charge in [-0.2, -0.15) is 5.10 Å². The molecule has 0 bridgehead atoms. The molecule has 0 saturated heterocycles. The Kier molecular flexibility index (Phi) is 4.74. The van der Waals surface area contributed by atoms with E-state index < -0.39 is 15.6 Å². The van der Waals surface area contributed by atoms with Crippen LogP contribution in [-0.2, 0) is 17.1 Å². The summed E-state index contributed by atoms with van der Waals surface area (Å²) in [6, 6.07) is 0. The summed E-state index contributed by atoms with van der Waals surface area (Å²) in [6.45, 7) is 3.94. The number of nitrogens with zero attached hydrogens (tertiary/aromatic N) is 2. The highest BCUT2D eigenvalue weighted by Crippen LogP contribution is 2.21. The van der Waals surface area contributed by atoms with Crippen LogP contribution in [0.25, 0.3) is 0 Å². The van der Waals surface area contributed by atoms with Gasteiger partial charge in [0.25, 0.3) is 0 Å². The molecule has 1 aromatic rings. The fourth-order valence-electron chi connectivity index (χ4n) is 1.49. The summed E-state index contributed by atoms with van der Waals surface area (Å²) in [4.78, 5) is 0.201. The van der Waals surface area contributed by atoms with Gasteiger partial charge in [0.05, 0.1) is 6.20 Å². The van der Waals surface area contributed by atoms with E-state index in [0.29, 0.717) is 5.33 Å². The molecule has 0 aliphatic heterocycles. The molecule has 0 amide bonds. The second-order valence-corrected chi connectivity index (χ2v) is 6.32. The summed E-state index contributed by atoms with van der Waals surface area (Å²) >= 11 is 3.38. The van der Waals surface area contributed by atoms with Gasteiger partial charge in [-0.05, 0) is 12.8 Å². The highest BCUT2D eigenvalue weighted by atomic mass is 79.9. The molecule has 0 aromatic carbocycles. The van der Waals surface area contributed by atoms with Gasteiger partial charge in [-0.3, -0.25) is 4.68 Å². The molecule has 0 atom stereocenters. The smallest absolute Gasteiger partial charge is 0.244 e. The van der Waals surface area contributed by atoms with Crippen molar-refractivity contribution in [2.45, 2.75) is 37.1 Å². The first-order valence-corrected chi connectivity index (χ1v) is 8.08. The third-order valence-corrected chi connectivity index (χ3v) is 5.56. The Morgan fingerprint density at radius 2 is 2.06 bits per heavy atom. The van der Waals surface area contributed by atoms with Gasteiger partial charge in [0.2, 0.25) is 10.0 Å². The van der Waals surface area contributed by atoms with Gasteiger partial charge in [0.15, 0.2) is 0 Å². The summed E-state index contributed by atoms with van der Waals surface area (Å²) in [7, 11) is -1.81. The minimum absolute atomic E-state index is 0.201. The molecule has 5 nitrogen and oxygen atoms in total. The highest BCUT2D eigenvalue weighted by Gasteiger charge is 2.31. The van der Waals surface area contributed by atoms with Crippen molar-refractivity contribution in [2.75, 3.05) is 5.33 Å². The lowest BCUT2D eigenvalue weighted by Gasteiger charge is -2.30. The average Bonchev–Trinajstić information content (AvgIpc) is 2.74. The summed E-state index contributed by atoms with van der Waals surface area (Å²) in [5, 5.41) is 4.47. The standard InChI is InChI=1S/C10H18BrN3O2S/c1-4-10(5-2,8-11)13-17(15,16)9-6-12-14(3)7-9/h6-7,13H,4-5,8H2,1-3H3. The van der Waals surface area contributed by atoms with E-state index in [1.54, 1.807) is 7.05 Å². The molecule has 1 aromatic heterocycles.